The Morgan fingerprint density at radius 3 is 2.69 bits per heavy atom. The van der Waals surface area contributed by atoms with Crippen LogP contribution in [0.25, 0.3) is 0 Å². The molecule has 2 fully saturated rings. The van der Waals surface area contributed by atoms with Crippen molar-refractivity contribution in [3.63, 3.8) is 0 Å². The molecule has 7 heteroatoms. The van der Waals surface area contributed by atoms with Gasteiger partial charge < -0.3 is 10.2 Å². The van der Waals surface area contributed by atoms with Crippen molar-refractivity contribution in [3.8, 4) is 6.07 Å². The second-order valence-corrected chi connectivity index (χ2v) is 7.20. The molecule has 2 aliphatic heterocycles. The normalized spacial score (nSPS) is 23.7. The molecule has 26 heavy (non-hydrogen) atoms. The molecule has 0 aromatic heterocycles. The van der Waals surface area contributed by atoms with Gasteiger partial charge in [0.1, 0.15) is 12.1 Å². The van der Waals surface area contributed by atoms with E-state index in [1.165, 1.54) is 0 Å². The summed E-state index contributed by atoms with van der Waals surface area (Å²) in [6, 6.07) is 8.01. The van der Waals surface area contributed by atoms with E-state index in [-0.39, 0.29) is 12.5 Å². The monoisotopic (exact) mass is 354 g/mol. The molecule has 136 valence electrons. The Morgan fingerprint density at radius 2 is 2.04 bits per heavy atom. The van der Waals surface area contributed by atoms with Gasteiger partial charge in [-0.2, -0.15) is 5.26 Å². The van der Waals surface area contributed by atoms with Gasteiger partial charge in [0.25, 0.3) is 5.91 Å². The molecule has 0 spiro atoms. The van der Waals surface area contributed by atoms with Gasteiger partial charge in [0.05, 0.1) is 11.6 Å². The quantitative estimate of drug-likeness (QED) is 0.834. The second-order valence-electron chi connectivity index (χ2n) is 7.20. The topological polar surface area (TPSA) is 93.5 Å². The summed E-state index contributed by atoms with van der Waals surface area (Å²) in [5.74, 6) is -0.0989. The first-order chi connectivity index (χ1) is 12.3. The molecular weight excluding hydrogens is 332 g/mol. The minimum atomic E-state index is -1.28. The number of urea groups is 1. The van der Waals surface area contributed by atoms with E-state index in [2.05, 4.69) is 12.2 Å². The molecule has 4 amide bonds. The fourth-order valence-electron chi connectivity index (χ4n) is 3.43. The lowest BCUT2D eigenvalue weighted by molar-refractivity contribution is -0.139. The summed E-state index contributed by atoms with van der Waals surface area (Å²) in [6.07, 6.45) is 1.87. The zero-order chi connectivity index (χ0) is 18.9. The molecule has 0 radical (unpaired) electrons. The van der Waals surface area contributed by atoms with Crippen LogP contribution in [0.2, 0.25) is 0 Å². The molecule has 3 rings (SSSR count). The molecular formula is C19H22N4O3. The maximum atomic E-state index is 12.9. The molecule has 1 N–H and O–H groups in total. The van der Waals surface area contributed by atoms with E-state index < -0.39 is 17.5 Å². The minimum absolute atomic E-state index is 0.213. The number of hydrogen-bond donors (Lipinski definition) is 1. The molecule has 2 saturated heterocycles. The predicted octanol–water partition coefficient (Wildman–Crippen LogP) is 1.58. The smallest absolute Gasteiger partial charge is 0.325 e. The molecule has 2 heterocycles. The van der Waals surface area contributed by atoms with Crippen LogP contribution in [0.3, 0.4) is 0 Å². The Hall–Kier alpha value is -2.88. The summed E-state index contributed by atoms with van der Waals surface area (Å²) in [6.45, 7) is 4.81. The lowest BCUT2D eigenvalue weighted by atomic mass is 9.91. The van der Waals surface area contributed by atoms with E-state index in [9.17, 15) is 14.4 Å². The van der Waals surface area contributed by atoms with E-state index in [0.717, 1.165) is 17.7 Å². The van der Waals surface area contributed by atoms with Gasteiger partial charge in [0.15, 0.2) is 0 Å². The Labute approximate surface area is 152 Å². The fourth-order valence-corrected chi connectivity index (χ4v) is 3.43. The number of nitrogens with zero attached hydrogens (tertiary/aromatic N) is 3. The van der Waals surface area contributed by atoms with Crippen LogP contribution < -0.4 is 5.32 Å². The van der Waals surface area contributed by atoms with Gasteiger partial charge in [0, 0.05) is 13.1 Å². The van der Waals surface area contributed by atoms with Crippen LogP contribution in [0.5, 0.6) is 0 Å². The van der Waals surface area contributed by atoms with E-state index in [0.29, 0.717) is 30.1 Å². The third-order valence-corrected chi connectivity index (χ3v) is 5.27. The lowest BCUT2D eigenvalue weighted by Gasteiger charge is -2.31. The van der Waals surface area contributed by atoms with Gasteiger partial charge in [-0.15, -0.1) is 0 Å². The van der Waals surface area contributed by atoms with E-state index >= 15 is 0 Å². The predicted molar refractivity (Wildman–Crippen MR) is 93.7 cm³/mol. The molecule has 0 saturated carbocycles. The summed E-state index contributed by atoms with van der Waals surface area (Å²) >= 11 is 0. The van der Waals surface area contributed by atoms with Crippen molar-refractivity contribution in [2.24, 2.45) is 5.92 Å². The lowest BCUT2D eigenvalue weighted by Crippen LogP contribution is -2.46. The molecule has 0 aliphatic carbocycles. The van der Waals surface area contributed by atoms with Crippen LogP contribution in [0.1, 0.15) is 37.8 Å². The molecule has 2 aliphatic rings. The number of carbonyl (C=O) groups is 3. The maximum absolute atomic E-state index is 12.9. The SMILES string of the molecule is CC1CCN(C(=O)CN2C(=O)N[C@](C)(c3cccc(C#N)c3)C2=O)CC1. The zero-order valence-electron chi connectivity index (χ0n) is 15.0. The number of imide groups is 1. The Kier molecular flexibility index (Phi) is 4.68. The number of benzene rings is 1. The van der Waals surface area contributed by atoms with Gasteiger partial charge in [-0.1, -0.05) is 19.1 Å². The number of piperidine rings is 1. The van der Waals surface area contributed by atoms with Crippen molar-refractivity contribution in [2.75, 3.05) is 19.6 Å². The van der Waals surface area contributed by atoms with Crippen LogP contribution in [0.15, 0.2) is 24.3 Å². The van der Waals surface area contributed by atoms with Crippen molar-refractivity contribution < 1.29 is 14.4 Å². The maximum Gasteiger partial charge on any atom is 0.325 e. The van der Waals surface area contributed by atoms with Gasteiger partial charge in [-0.25, -0.2) is 4.79 Å². The van der Waals surface area contributed by atoms with Crippen molar-refractivity contribution in [3.05, 3.63) is 35.4 Å². The van der Waals surface area contributed by atoms with Crippen LogP contribution in [-0.4, -0.2) is 47.3 Å². The first-order valence-corrected chi connectivity index (χ1v) is 8.77. The average Bonchev–Trinajstić information content (AvgIpc) is 2.86. The minimum Gasteiger partial charge on any atom is -0.341 e. The second kappa shape index (κ2) is 6.79. The third-order valence-electron chi connectivity index (χ3n) is 5.27. The Morgan fingerprint density at radius 1 is 1.35 bits per heavy atom. The Bertz CT molecular complexity index is 792. The van der Waals surface area contributed by atoms with Crippen molar-refractivity contribution in [1.29, 1.82) is 5.26 Å². The summed E-state index contributed by atoms with van der Waals surface area (Å²) in [7, 11) is 0. The number of rotatable bonds is 3. The van der Waals surface area contributed by atoms with Crippen LogP contribution in [0, 0.1) is 17.2 Å². The molecule has 7 nitrogen and oxygen atoms in total. The molecule has 0 unspecified atom stereocenters. The van der Waals surface area contributed by atoms with Crippen molar-refractivity contribution >= 4 is 17.8 Å². The highest BCUT2D eigenvalue weighted by atomic mass is 16.2. The largest absolute Gasteiger partial charge is 0.341 e. The number of nitriles is 1. The van der Waals surface area contributed by atoms with Gasteiger partial charge in [0.2, 0.25) is 5.91 Å². The highest BCUT2D eigenvalue weighted by molar-refractivity contribution is 6.09. The van der Waals surface area contributed by atoms with Crippen molar-refractivity contribution in [2.45, 2.75) is 32.2 Å². The van der Waals surface area contributed by atoms with Crippen molar-refractivity contribution in [1.82, 2.24) is 15.1 Å². The molecule has 0 bridgehead atoms. The number of hydrogen-bond acceptors (Lipinski definition) is 4. The van der Waals surface area contributed by atoms with Crippen LogP contribution in [-0.2, 0) is 15.1 Å². The van der Waals surface area contributed by atoms with Gasteiger partial charge in [-0.05, 0) is 43.4 Å². The number of carbonyl (C=O) groups excluding carboxylic acids is 3. The van der Waals surface area contributed by atoms with Gasteiger partial charge >= 0.3 is 6.03 Å². The van der Waals surface area contributed by atoms with E-state index in [4.69, 9.17) is 5.26 Å². The summed E-state index contributed by atoms with van der Waals surface area (Å²) in [5.41, 5.74) is -0.347. The van der Waals surface area contributed by atoms with E-state index in [1.54, 1.807) is 36.1 Å². The van der Waals surface area contributed by atoms with Gasteiger partial charge in [-0.3, -0.25) is 14.5 Å². The summed E-state index contributed by atoms with van der Waals surface area (Å²) in [4.78, 5) is 40.4. The average molecular weight is 354 g/mol. The number of likely N-dealkylation sites (tertiary alicyclic amines) is 1. The summed E-state index contributed by atoms with van der Waals surface area (Å²) < 4.78 is 0. The molecule has 1 atom stereocenters. The molecule has 1 aromatic rings. The number of nitrogens with one attached hydrogen (secondary N) is 1. The Balaban J connectivity index is 1.76. The number of amides is 4. The first-order valence-electron chi connectivity index (χ1n) is 8.77. The fraction of sp³-hybridized carbons (Fsp3) is 0.474. The standard InChI is InChI=1S/C19H22N4O3/c1-13-6-8-22(9-7-13)16(24)12-23-17(25)19(2,21-18(23)26)15-5-3-4-14(10-15)11-20/h3-5,10,13H,6-9,12H2,1-2H3,(H,21,26)/t19-/m1/s1. The summed E-state index contributed by atoms with van der Waals surface area (Å²) in [5, 5.41) is 11.7. The highest BCUT2D eigenvalue weighted by Crippen LogP contribution is 2.29. The third kappa shape index (κ3) is 3.15. The molecule has 1 aromatic carbocycles. The van der Waals surface area contributed by atoms with E-state index in [1.807, 2.05) is 6.07 Å². The zero-order valence-corrected chi connectivity index (χ0v) is 15.0. The van der Waals surface area contributed by atoms with Crippen LogP contribution >= 0.6 is 0 Å². The first kappa shape index (κ1) is 17.9. The van der Waals surface area contributed by atoms with Crippen LogP contribution in [0.4, 0.5) is 4.79 Å². The highest BCUT2D eigenvalue weighted by Gasteiger charge is 2.49.